The minimum Gasteiger partial charge on any atom is -0.396 e. The van der Waals surface area contributed by atoms with Gasteiger partial charge in [0.2, 0.25) is 0 Å². The van der Waals surface area contributed by atoms with Gasteiger partial charge in [0.15, 0.2) is 0 Å². The maximum Gasteiger partial charge on any atom is 0.257 e. The van der Waals surface area contributed by atoms with Crippen molar-refractivity contribution in [3.05, 3.63) is 17.5 Å². The quantitative estimate of drug-likeness (QED) is 0.907. The van der Waals surface area contributed by atoms with Gasteiger partial charge in [0.1, 0.15) is 0 Å². The molecule has 1 saturated carbocycles. The van der Waals surface area contributed by atoms with Gasteiger partial charge in [-0.15, -0.1) is 0 Å². The van der Waals surface area contributed by atoms with Gasteiger partial charge in [-0.1, -0.05) is 20.8 Å². The van der Waals surface area contributed by atoms with Gasteiger partial charge in [0.25, 0.3) is 5.91 Å². The molecule has 23 heavy (non-hydrogen) atoms. The number of amides is 1. The van der Waals surface area contributed by atoms with E-state index < -0.39 is 0 Å². The summed E-state index contributed by atoms with van der Waals surface area (Å²) in [5, 5.41) is 14.1. The predicted molar refractivity (Wildman–Crippen MR) is 89.4 cm³/mol. The van der Waals surface area contributed by atoms with E-state index >= 15 is 0 Å². The Labute approximate surface area is 138 Å². The Morgan fingerprint density at radius 2 is 2.22 bits per heavy atom. The molecule has 1 amide bonds. The highest BCUT2D eigenvalue weighted by Crippen LogP contribution is 2.42. The SMILES string of the molecule is CC(C)Cn1ncc(C(=O)N2CCCC(C)(CO)C2)c1C1CC1. The predicted octanol–water partition coefficient (Wildman–Crippen LogP) is 2.65. The van der Waals surface area contributed by atoms with Crippen molar-refractivity contribution < 1.29 is 9.90 Å². The third kappa shape index (κ3) is 3.44. The molecule has 5 heteroatoms. The van der Waals surface area contributed by atoms with E-state index in [-0.39, 0.29) is 17.9 Å². The van der Waals surface area contributed by atoms with Crippen LogP contribution in [0.3, 0.4) is 0 Å². The van der Waals surface area contributed by atoms with Gasteiger partial charge in [-0.25, -0.2) is 0 Å². The van der Waals surface area contributed by atoms with Crippen LogP contribution in [-0.4, -0.2) is 45.4 Å². The highest BCUT2D eigenvalue weighted by molar-refractivity contribution is 5.95. The zero-order valence-electron chi connectivity index (χ0n) is 14.6. The Bertz CT molecular complexity index is 577. The third-order valence-corrected chi connectivity index (χ3v) is 5.06. The van der Waals surface area contributed by atoms with Crippen LogP contribution in [0.4, 0.5) is 0 Å². The first-order valence-corrected chi connectivity index (χ1v) is 8.89. The zero-order chi connectivity index (χ0) is 16.6. The normalized spacial score (nSPS) is 25.2. The minimum atomic E-state index is -0.165. The number of nitrogens with zero attached hydrogens (tertiary/aromatic N) is 3. The van der Waals surface area contributed by atoms with Crippen LogP contribution >= 0.6 is 0 Å². The lowest BCUT2D eigenvalue weighted by atomic mass is 9.82. The molecule has 2 heterocycles. The van der Waals surface area contributed by atoms with E-state index in [4.69, 9.17) is 0 Å². The Morgan fingerprint density at radius 1 is 1.48 bits per heavy atom. The monoisotopic (exact) mass is 319 g/mol. The van der Waals surface area contributed by atoms with E-state index in [1.165, 1.54) is 12.8 Å². The second kappa shape index (κ2) is 6.27. The molecule has 1 unspecified atom stereocenters. The number of aromatic nitrogens is 2. The number of hydrogen-bond donors (Lipinski definition) is 1. The van der Waals surface area contributed by atoms with Crippen molar-refractivity contribution in [1.29, 1.82) is 0 Å². The molecular formula is C18H29N3O2. The molecule has 1 aliphatic carbocycles. The Hall–Kier alpha value is -1.36. The summed E-state index contributed by atoms with van der Waals surface area (Å²) in [5.74, 6) is 1.12. The van der Waals surface area contributed by atoms with E-state index in [0.717, 1.165) is 37.2 Å². The lowest BCUT2D eigenvalue weighted by Crippen LogP contribution is -2.46. The van der Waals surface area contributed by atoms with Crippen LogP contribution in [0, 0.1) is 11.3 Å². The fraction of sp³-hybridized carbons (Fsp3) is 0.778. The minimum absolute atomic E-state index is 0.0984. The Kier molecular flexibility index (Phi) is 4.50. The highest BCUT2D eigenvalue weighted by atomic mass is 16.3. The molecule has 3 rings (SSSR count). The van der Waals surface area contributed by atoms with Crippen LogP contribution in [-0.2, 0) is 6.54 Å². The first-order chi connectivity index (χ1) is 10.9. The summed E-state index contributed by atoms with van der Waals surface area (Å²) >= 11 is 0. The summed E-state index contributed by atoms with van der Waals surface area (Å²) in [6.07, 6.45) is 6.04. The molecule has 128 valence electrons. The summed E-state index contributed by atoms with van der Waals surface area (Å²) in [7, 11) is 0. The summed E-state index contributed by atoms with van der Waals surface area (Å²) in [6, 6.07) is 0. The van der Waals surface area contributed by atoms with Gasteiger partial charge < -0.3 is 10.0 Å². The average molecular weight is 319 g/mol. The summed E-state index contributed by atoms with van der Waals surface area (Å²) in [5.41, 5.74) is 1.76. The van der Waals surface area contributed by atoms with E-state index in [1.54, 1.807) is 6.20 Å². The molecule has 1 aromatic heterocycles. The van der Waals surface area contributed by atoms with Crippen molar-refractivity contribution in [2.45, 2.75) is 58.9 Å². The lowest BCUT2D eigenvalue weighted by Gasteiger charge is -2.39. The lowest BCUT2D eigenvalue weighted by molar-refractivity contribution is 0.0357. The average Bonchev–Trinajstić information content (AvgIpc) is 3.27. The van der Waals surface area contributed by atoms with Crippen molar-refractivity contribution >= 4 is 5.91 Å². The van der Waals surface area contributed by atoms with Crippen LogP contribution in [0.1, 0.15) is 68.4 Å². The molecule has 1 N–H and O–H groups in total. The fourth-order valence-corrected chi connectivity index (χ4v) is 3.63. The van der Waals surface area contributed by atoms with Gasteiger partial charge >= 0.3 is 0 Å². The molecule has 5 nitrogen and oxygen atoms in total. The molecule has 2 aliphatic rings. The number of piperidine rings is 1. The van der Waals surface area contributed by atoms with Crippen molar-refractivity contribution in [2.75, 3.05) is 19.7 Å². The van der Waals surface area contributed by atoms with Crippen LogP contribution in [0.2, 0.25) is 0 Å². The number of carbonyl (C=O) groups excluding carboxylic acids is 1. The molecule has 1 aromatic rings. The summed E-state index contributed by atoms with van der Waals surface area (Å²) in [6.45, 7) is 8.85. The maximum absolute atomic E-state index is 13.0. The molecule has 2 fully saturated rings. The first-order valence-electron chi connectivity index (χ1n) is 8.89. The first kappa shape index (κ1) is 16.5. The highest BCUT2D eigenvalue weighted by Gasteiger charge is 2.37. The number of rotatable bonds is 5. The van der Waals surface area contributed by atoms with Crippen molar-refractivity contribution in [2.24, 2.45) is 11.3 Å². The standard InChI is InChI=1S/C18H29N3O2/c1-13(2)10-21-16(14-5-6-14)15(9-19-21)17(23)20-8-4-7-18(3,11-20)12-22/h9,13-14,22H,4-8,10-12H2,1-3H3. The second-order valence-corrected chi connectivity index (χ2v) is 8.09. The fourth-order valence-electron chi connectivity index (χ4n) is 3.63. The van der Waals surface area contributed by atoms with Crippen LogP contribution < -0.4 is 0 Å². The smallest absolute Gasteiger partial charge is 0.257 e. The van der Waals surface area contributed by atoms with E-state index in [9.17, 15) is 9.90 Å². The van der Waals surface area contributed by atoms with Gasteiger partial charge in [0, 0.05) is 31.0 Å². The number of aliphatic hydroxyl groups is 1. The molecule has 0 spiro atoms. The molecule has 0 radical (unpaired) electrons. The number of carbonyl (C=O) groups is 1. The summed E-state index contributed by atoms with van der Waals surface area (Å²) in [4.78, 5) is 15.0. The van der Waals surface area contributed by atoms with Crippen LogP contribution in [0.25, 0.3) is 0 Å². The molecule has 1 aliphatic heterocycles. The van der Waals surface area contributed by atoms with Crippen molar-refractivity contribution in [1.82, 2.24) is 14.7 Å². The molecule has 0 aromatic carbocycles. The summed E-state index contributed by atoms with van der Waals surface area (Å²) < 4.78 is 2.05. The maximum atomic E-state index is 13.0. The Morgan fingerprint density at radius 3 is 2.83 bits per heavy atom. The molecule has 1 saturated heterocycles. The van der Waals surface area contributed by atoms with E-state index in [2.05, 4.69) is 25.9 Å². The van der Waals surface area contributed by atoms with Gasteiger partial charge in [-0.2, -0.15) is 5.10 Å². The van der Waals surface area contributed by atoms with Gasteiger partial charge in [-0.05, 0) is 31.6 Å². The number of hydrogen-bond acceptors (Lipinski definition) is 3. The number of likely N-dealkylation sites (tertiary alicyclic amines) is 1. The Balaban J connectivity index is 1.83. The van der Waals surface area contributed by atoms with E-state index in [1.807, 2.05) is 9.58 Å². The van der Waals surface area contributed by atoms with E-state index in [0.29, 0.717) is 18.4 Å². The van der Waals surface area contributed by atoms with Crippen LogP contribution in [0.15, 0.2) is 6.20 Å². The molecule has 1 atom stereocenters. The second-order valence-electron chi connectivity index (χ2n) is 8.09. The van der Waals surface area contributed by atoms with Gasteiger partial charge in [-0.3, -0.25) is 9.48 Å². The topological polar surface area (TPSA) is 58.4 Å². The number of aliphatic hydroxyl groups excluding tert-OH is 1. The van der Waals surface area contributed by atoms with Gasteiger partial charge in [0.05, 0.1) is 24.1 Å². The third-order valence-electron chi connectivity index (χ3n) is 5.06. The van der Waals surface area contributed by atoms with Crippen LogP contribution in [0.5, 0.6) is 0 Å². The molecule has 0 bridgehead atoms. The van der Waals surface area contributed by atoms with Crippen molar-refractivity contribution in [3.63, 3.8) is 0 Å². The zero-order valence-corrected chi connectivity index (χ0v) is 14.6. The van der Waals surface area contributed by atoms with Crippen molar-refractivity contribution in [3.8, 4) is 0 Å². The molecular weight excluding hydrogens is 290 g/mol. The largest absolute Gasteiger partial charge is 0.396 e.